The number of benzene rings is 2. The lowest BCUT2D eigenvalue weighted by Gasteiger charge is -2.11. The van der Waals surface area contributed by atoms with Crippen LogP contribution in [0.1, 0.15) is 74.6 Å². The quantitative estimate of drug-likeness (QED) is 0.526. The van der Waals surface area contributed by atoms with Crippen molar-refractivity contribution in [2.75, 3.05) is 0 Å². The molecule has 0 amide bonds. The van der Waals surface area contributed by atoms with Crippen LogP contribution in [-0.4, -0.2) is 0 Å². The van der Waals surface area contributed by atoms with Gasteiger partial charge in [0.25, 0.3) is 0 Å². The summed E-state index contributed by atoms with van der Waals surface area (Å²) in [4.78, 5) is 0. The van der Waals surface area contributed by atoms with Gasteiger partial charge in [-0.1, -0.05) is 64.1 Å². The average Bonchev–Trinajstić information content (AvgIpc) is 2.89. The molecule has 3 rings (SSSR count). The SMILES string of the molecule is CCC(C)c1ccc2c(c1)Cc1cc(C(C)CC)ccc1-2. The molecule has 1 aliphatic rings. The number of hydrogen-bond acceptors (Lipinski definition) is 0. The molecule has 2 atom stereocenters. The molecule has 0 nitrogen and oxygen atoms in total. The fourth-order valence-corrected chi connectivity index (χ4v) is 3.33. The Balaban J connectivity index is 1.97. The van der Waals surface area contributed by atoms with Gasteiger partial charge in [-0.3, -0.25) is 0 Å². The normalized spacial score (nSPS) is 15.4. The van der Waals surface area contributed by atoms with E-state index >= 15 is 0 Å². The molecule has 0 N–H and O–H groups in total. The van der Waals surface area contributed by atoms with Gasteiger partial charge in [0.2, 0.25) is 0 Å². The Hall–Kier alpha value is -1.56. The summed E-state index contributed by atoms with van der Waals surface area (Å²) >= 11 is 0. The minimum Gasteiger partial charge on any atom is -0.0648 e. The van der Waals surface area contributed by atoms with Crippen molar-refractivity contribution in [3.8, 4) is 11.1 Å². The summed E-state index contributed by atoms with van der Waals surface area (Å²) in [6, 6.07) is 14.2. The van der Waals surface area contributed by atoms with Gasteiger partial charge in [-0.05, 0) is 64.5 Å². The zero-order valence-corrected chi connectivity index (χ0v) is 13.7. The molecule has 0 heteroatoms. The molecular formula is C21H26. The summed E-state index contributed by atoms with van der Waals surface area (Å²) in [5.74, 6) is 1.32. The van der Waals surface area contributed by atoms with Gasteiger partial charge < -0.3 is 0 Å². The highest BCUT2D eigenvalue weighted by atomic mass is 14.2. The van der Waals surface area contributed by atoms with E-state index in [0.29, 0.717) is 11.8 Å². The summed E-state index contributed by atoms with van der Waals surface area (Å²) in [6.07, 6.45) is 3.53. The van der Waals surface area contributed by atoms with E-state index in [1.807, 2.05) is 0 Å². The Bertz CT molecular complexity index is 594. The lowest BCUT2D eigenvalue weighted by atomic mass is 9.94. The van der Waals surface area contributed by atoms with Crippen LogP contribution in [0.15, 0.2) is 36.4 Å². The first kappa shape index (κ1) is 14.4. The second-order valence-electron chi connectivity index (χ2n) is 6.63. The van der Waals surface area contributed by atoms with Crippen LogP contribution < -0.4 is 0 Å². The Labute approximate surface area is 129 Å². The van der Waals surface area contributed by atoms with E-state index in [2.05, 4.69) is 64.1 Å². The third-order valence-corrected chi connectivity index (χ3v) is 5.29. The molecule has 21 heavy (non-hydrogen) atoms. The van der Waals surface area contributed by atoms with Gasteiger partial charge in [0.1, 0.15) is 0 Å². The zero-order chi connectivity index (χ0) is 15.0. The monoisotopic (exact) mass is 278 g/mol. The zero-order valence-electron chi connectivity index (χ0n) is 13.7. The van der Waals surface area contributed by atoms with Gasteiger partial charge in [0, 0.05) is 0 Å². The molecule has 2 aromatic rings. The van der Waals surface area contributed by atoms with Crippen molar-refractivity contribution in [1.29, 1.82) is 0 Å². The fraction of sp³-hybridized carbons (Fsp3) is 0.429. The van der Waals surface area contributed by atoms with Crippen molar-refractivity contribution in [3.05, 3.63) is 58.7 Å². The maximum atomic E-state index is 2.44. The summed E-state index contributed by atoms with van der Waals surface area (Å²) < 4.78 is 0. The van der Waals surface area contributed by atoms with E-state index in [1.54, 1.807) is 0 Å². The molecule has 0 aromatic heterocycles. The Morgan fingerprint density at radius 1 is 0.762 bits per heavy atom. The van der Waals surface area contributed by atoms with E-state index in [9.17, 15) is 0 Å². The predicted molar refractivity (Wildman–Crippen MR) is 92.1 cm³/mol. The number of hydrogen-bond donors (Lipinski definition) is 0. The topological polar surface area (TPSA) is 0 Å². The van der Waals surface area contributed by atoms with Crippen molar-refractivity contribution in [2.24, 2.45) is 0 Å². The molecule has 1 aliphatic carbocycles. The average molecular weight is 278 g/mol. The van der Waals surface area contributed by atoms with Crippen LogP contribution >= 0.6 is 0 Å². The molecular weight excluding hydrogens is 252 g/mol. The lowest BCUT2D eigenvalue weighted by molar-refractivity contribution is 0.732. The number of fused-ring (bicyclic) bond motifs is 3. The smallest absolute Gasteiger partial charge is 0.00132 e. The molecule has 110 valence electrons. The van der Waals surface area contributed by atoms with Crippen LogP contribution in [0.5, 0.6) is 0 Å². The summed E-state index contributed by atoms with van der Waals surface area (Å²) in [5.41, 5.74) is 8.92. The van der Waals surface area contributed by atoms with Gasteiger partial charge in [0.15, 0.2) is 0 Å². The van der Waals surface area contributed by atoms with Crippen LogP contribution in [0, 0.1) is 0 Å². The number of rotatable bonds is 4. The third kappa shape index (κ3) is 2.52. The lowest BCUT2D eigenvalue weighted by Crippen LogP contribution is -1.93. The van der Waals surface area contributed by atoms with Crippen LogP contribution in [0.4, 0.5) is 0 Å². The Morgan fingerprint density at radius 2 is 1.19 bits per heavy atom. The molecule has 0 fully saturated rings. The Morgan fingerprint density at radius 3 is 1.57 bits per heavy atom. The van der Waals surface area contributed by atoms with Gasteiger partial charge in [-0.25, -0.2) is 0 Å². The predicted octanol–water partition coefficient (Wildman–Crippen LogP) is 6.28. The summed E-state index contributed by atoms with van der Waals surface area (Å²) in [6.45, 7) is 9.19. The van der Waals surface area contributed by atoms with Gasteiger partial charge in [0.05, 0.1) is 0 Å². The van der Waals surface area contributed by atoms with Gasteiger partial charge >= 0.3 is 0 Å². The first-order valence-electron chi connectivity index (χ1n) is 8.40. The van der Waals surface area contributed by atoms with Gasteiger partial charge in [-0.2, -0.15) is 0 Å². The van der Waals surface area contributed by atoms with E-state index in [4.69, 9.17) is 0 Å². The molecule has 0 radical (unpaired) electrons. The first-order chi connectivity index (χ1) is 10.1. The molecule has 0 saturated heterocycles. The highest BCUT2D eigenvalue weighted by molar-refractivity contribution is 5.77. The van der Waals surface area contributed by atoms with Crippen LogP contribution in [0.25, 0.3) is 11.1 Å². The molecule has 0 bridgehead atoms. The van der Waals surface area contributed by atoms with Gasteiger partial charge in [-0.15, -0.1) is 0 Å². The van der Waals surface area contributed by atoms with Crippen molar-refractivity contribution in [1.82, 2.24) is 0 Å². The van der Waals surface area contributed by atoms with Crippen molar-refractivity contribution in [3.63, 3.8) is 0 Å². The molecule has 2 unspecified atom stereocenters. The molecule has 0 saturated carbocycles. The molecule has 2 aromatic carbocycles. The van der Waals surface area contributed by atoms with E-state index in [0.717, 1.165) is 6.42 Å². The summed E-state index contributed by atoms with van der Waals surface area (Å²) in [7, 11) is 0. The molecule has 0 heterocycles. The largest absolute Gasteiger partial charge is 0.0648 e. The second kappa shape index (κ2) is 5.67. The minimum atomic E-state index is 0.662. The van der Waals surface area contributed by atoms with E-state index in [-0.39, 0.29) is 0 Å². The standard InChI is InChI=1S/C21H26/c1-5-14(3)16-7-9-20-18(11-16)13-19-12-17(15(4)6-2)8-10-21(19)20/h7-12,14-15H,5-6,13H2,1-4H3. The molecule has 0 spiro atoms. The third-order valence-electron chi connectivity index (χ3n) is 5.29. The van der Waals surface area contributed by atoms with Crippen molar-refractivity contribution in [2.45, 2.75) is 58.8 Å². The van der Waals surface area contributed by atoms with E-state index in [1.165, 1.54) is 46.2 Å². The highest BCUT2D eigenvalue weighted by Crippen LogP contribution is 2.39. The van der Waals surface area contributed by atoms with Crippen LogP contribution in [0.3, 0.4) is 0 Å². The van der Waals surface area contributed by atoms with Crippen molar-refractivity contribution >= 4 is 0 Å². The first-order valence-corrected chi connectivity index (χ1v) is 8.40. The van der Waals surface area contributed by atoms with Crippen molar-refractivity contribution < 1.29 is 0 Å². The fourth-order valence-electron chi connectivity index (χ4n) is 3.33. The maximum Gasteiger partial charge on any atom is -0.00132 e. The maximum absolute atomic E-state index is 2.44. The summed E-state index contributed by atoms with van der Waals surface area (Å²) in [5, 5.41) is 0. The minimum absolute atomic E-state index is 0.662. The molecule has 0 aliphatic heterocycles. The highest BCUT2D eigenvalue weighted by Gasteiger charge is 2.20. The van der Waals surface area contributed by atoms with E-state index < -0.39 is 0 Å². The van der Waals surface area contributed by atoms with Crippen LogP contribution in [-0.2, 0) is 6.42 Å². The van der Waals surface area contributed by atoms with Crippen LogP contribution in [0.2, 0.25) is 0 Å². The Kier molecular flexibility index (Phi) is 3.89. The second-order valence-corrected chi connectivity index (χ2v) is 6.63.